The molecule has 0 aromatic rings. The minimum atomic E-state index is -0.584. The third kappa shape index (κ3) is 6.65. The minimum Gasteiger partial charge on any atom is -0.444 e. The monoisotopic (exact) mass is 339 g/mol. The molecule has 1 atom stereocenters. The lowest BCUT2D eigenvalue weighted by Gasteiger charge is -2.41. The smallest absolute Gasteiger partial charge is 0.410 e. The second kappa shape index (κ2) is 7.73. The molecule has 0 N–H and O–H groups in total. The molecule has 1 aliphatic heterocycles. The number of piperazine rings is 1. The fourth-order valence-corrected chi connectivity index (χ4v) is 2.39. The molecule has 0 radical (unpaired) electrons. The Hall–Kier alpha value is -1.97. The molecular weight excluding hydrogens is 310 g/mol. The third-order valence-corrected chi connectivity index (χ3v) is 3.35. The number of amides is 2. The molecule has 0 aliphatic carbocycles. The summed E-state index contributed by atoms with van der Waals surface area (Å²) < 4.78 is 10.8. The lowest BCUT2D eigenvalue weighted by molar-refractivity contribution is -0.0156. The Bertz CT molecular complexity index is 499. The number of nitriles is 1. The van der Waals surface area contributed by atoms with Crippen molar-refractivity contribution in [3.05, 3.63) is 0 Å². The Balaban J connectivity index is 2.79. The SMILES string of the molecule is CC(C)(C)OC(=O)N1CCN(C(=O)OC(C)(C)C)C(CCC#N)C1. The number of rotatable bonds is 2. The number of carbonyl (C=O) groups excluding carboxylic acids is 2. The molecular formula is C17H29N3O4. The van der Waals surface area contributed by atoms with Crippen LogP contribution in [-0.2, 0) is 9.47 Å². The Morgan fingerprint density at radius 2 is 1.58 bits per heavy atom. The quantitative estimate of drug-likeness (QED) is 0.772. The summed E-state index contributed by atoms with van der Waals surface area (Å²) in [6, 6.07) is 1.84. The standard InChI is InChI=1S/C17H29N3O4/c1-16(2,3)23-14(21)19-10-11-20(13(12-19)8-7-9-18)15(22)24-17(4,5)6/h13H,7-8,10-12H2,1-6H3. The van der Waals surface area contributed by atoms with Gasteiger partial charge in [0.05, 0.1) is 12.1 Å². The van der Waals surface area contributed by atoms with E-state index in [4.69, 9.17) is 14.7 Å². The van der Waals surface area contributed by atoms with Gasteiger partial charge in [-0.25, -0.2) is 9.59 Å². The largest absolute Gasteiger partial charge is 0.444 e. The molecule has 0 aromatic heterocycles. The first-order valence-corrected chi connectivity index (χ1v) is 8.27. The molecule has 136 valence electrons. The molecule has 1 saturated heterocycles. The topological polar surface area (TPSA) is 82.9 Å². The number of ether oxygens (including phenoxy) is 2. The molecule has 0 aromatic carbocycles. The Labute approximate surface area is 144 Å². The molecule has 24 heavy (non-hydrogen) atoms. The average Bonchev–Trinajstić information content (AvgIpc) is 2.41. The van der Waals surface area contributed by atoms with E-state index in [1.165, 1.54) is 0 Å². The normalized spacial score (nSPS) is 18.8. The van der Waals surface area contributed by atoms with Crippen LogP contribution >= 0.6 is 0 Å². The predicted molar refractivity (Wildman–Crippen MR) is 89.4 cm³/mol. The molecule has 1 rings (SSSR count). The van der Waals surface area contributed by atoms with Gasteiger partial charge >= 0.3 is 12.2 Å². The van der Waals surface area contributed by atoms with Crippen LogP contribution in [0.3, 0.4) is 0 Å². The summed E-state index contributed by atoms with van der Waals surface area (Å²) in [6.45, 7) is 12.0. The Kier molecular flexibility index (Phi) is 6.47. The van der Waals surface area contributed by atoms with Crippen molar-refractivity contribution in [3.8, 4) is 6.07 Å². The second-order valence-electron chi connectivity index (χ2n) is 7.95. The van der Waals surface area contributed by atoms with Crippen LogP contribution in [0.5, 0.6) is 0 Å². The fraction of sp³-hybridized carbons (Fsp3) is 0.824. The minimum absolute atomic E-state index is 0.249. The molecule has 2 amide bonds. The van der Waals surface area contributed by atoms with Gasteiger partial charge in [0.25, 0.3) is 0 Å². The molecule has 1 aliphatic rings. The Morgan fingerprint density at radius 1 is 1.04 bits per heavy atom. The highest BCUT2D eigenvalue weighted by molar-refractivity contribution is 5.71. The summed E-state index contributed by atoms with van der Waals surface area (Å²) in [5, 5.41) is 8.85. The molecule has 0 bridgehead atoms. The van der Waals surface area contributed by atoms with Gasteiger partial charge in [-0.3, -0.25) is 0 Å². The lowest BCUT2D eigenvalue weighted by Crippen LogP contribution is -2.57. The molecule has 1 unspecified atom stereocenters. The van der Waals surface area contributed by atoms with E-state index in [0.29, 0.717) is 32.5 Å². The van der Waals surface area contributed by atoms with Crippen molar-refractivity contribution in [1.82, 2.24) is 9.80 Å². The zero-order valence-electron chi connectivity index (χ0n) is 15.6. The maximum Gasteiger partial charge on any atom is 0.410 e. The zero-order chi connectivity index (χ0) is 18.5. The number of nitrogens with zero attached hydrogens (tertiary/aromatic N) is 3. The summed E-state index contributed by atoms with van der Waals surface area (Å²) >= 11 is 0. The van der Waals surface area contributed by atoms with E-state index in [1.54, 1.807) is 9.80 Å². The van der Waals surface area contributed by atoms with Crippen molar-refractivity contribution < 1.29 is 19.1 Å². The number of carbonyl (C=O) groups is 2. The highest BCUT2D eigenvalue weighted by Gasteiger charge is 2.36. The zero-order valence-corrected chi connectivity index (χ0v) is 15.6. The molecule has 0 saturated carbocycles. The van der Waals surface area contributed by atoms with Crippen LogP contribution < -0.4 is 0 Å². The van der Waals surface area contributed by atoms with E-state index < -0.39 is 23.4 Å². The van der Waals surface area contributed by atoms with E-state index in [2.05, 4.69) is 6.07 Å². The van der Waals surface area contributed by atoms with Crippen molar-refractivity contribution in [2.75, 3.05) is 19.6 Å². The van der Waals surface area contributed by atoms with Crippen LogP contribution in [0.4, 0.5) is 9.59 Å². The molecule has 7 nitrogen and oxygen atoms in total. The summed E-state index contributed by atoms with van der Waals surface area (Å²) in [5.41, 5.74) is -1.15. The van der Waals surface area contributed by atoms with Gasteiger partial charge in [-0.15, -0.1) is 0 Å². The molecule has 7 heteroatoms. The van der Waals surface area contributed by atoms with E-state index in [-0.39, 0.29) is 6.04 Å². The maximum atomic E-state index is 12.4. The van der Waals surface area contributed by atoms with Crippen LogP contribution in [0, 0.1) is 11.3 Å². The Morgan fingerprint density at radius 3 is 2.08 bits per heavy atom. The van der Waals surface area contributed by atoms with Crippen molar-refractivity contribution >= 4 is 12.2 Å². The van der Waals surface area contributed by atoms with Gasteiger partial charge in [0, 0.05) is 26.1 Å². The third-order valence-electron chi connectivity index (χ3n) is 3.35. The molecule has 1 heterocycles. The van der Waals surface area contributed by atoms with Gasteiger partial charge in [-0.1, -0.05) is 0 Å². The average molecular weight is 339 g/mol. The highest BCUT2D eigenvalue weighted by atomic mass is 16.6. The van der Waals surface area contributed by atoms with E-state index >= 15 is 0 Å². The van der Waals surface area contributed by atoms with Crippen LogP contribution in [0.25, 0.3) is 0 Å². The second-order valence-corrected chi connectivity index (χ2v) is 7.95. The van der Waals surface area contributed by atoms with Crippen LogP contribution in [0.15, 0.2) is 0 Å². The van der Waals surface area contributed by atoms with Crippen molar-refractivity contribution in [2.45, 2.75) is 71.6 Å². The van der Waals surface area contributed by atoms with Crippen LogP contribution in [-0.4, -0.2) is 58.9 Å². The lowest BCUT2D eigenvalue weighted by atomic mass is 10.1. The first-order valence-electron chi connectivity index (χ1n) is 8.27. The molecule has 1 fully saturated rings. The predicted octanol–water partition coefficient (Wildman–Crippen LogP) is 3.15. The fourth-order valence-electron chi connectivity index (χ4n) is 2.39. The number of hydrogen-bond donors (Lipinski definition) is 0. The highest BCUT2D eigenvalue weighted by Crippen LogP contribution is 2.20. The van der Waals surface area contributed by atoms with Gasteiger partial charge in [0.15, 0.2) is 0 Å². The van der Waals surface area contributed by atoms with Gasteiger partial charge in [0.2, 0.25) is 0 Å². The summed E-state index contributed by atoms with van der Waals surface area (Å²) in [4.78, 5) is 27.8. The van der Waals surface area contributed by atoms with Crippen molar-refractivity contribution in [3.63, 3.8) is 0 Å². The van der Waals surface area contributed by atoms with Crippen molar-refractivity contribution in [1.29, 1.82) is 5.26 Å². The van der Waals surface area contributed by atoms with Crippen LogP contribution in [0.1, 0.15) is 54.4 Å². The maximum absolute atomic E-state index is 12.4. The summed E-state index contributed by atoms with van der Waals surface area (Å²) in [5.74, 6) is 0. The summed E-state index contributed by atoms with van der Waals surface area (Å²) in [6.07, 6.45) is 0.00354. The van der Waals surface area contributed by atoms with E-state index in [1.807, 2.05) is 41.5 Å². The summed E-state index contributed by atoms with van der Waals surface area (Å²) in [7, 11) is 0. The van der Waals surface area contributed by atoms with Crippen molar-refractivity contribution in [2.24, 2.45) is 0 Å². The first kappa shape index (κ1) is 20.1. The van der Waals surface area contributed by atoms with Gasteiger partial charge < -0.3 is 19.3 Å². The van der Waals surface area contributed by atoms with E-state index in [0.717, 1.165) is 0 Å². The van der Waals surface area contributed by atoms with E-state index in [9.17, 15) is 9.59 Å². The number of hydrogen-bond acceptors (Lipinski definition) is 5. The first-order chi connectivity index (χ1) is 10.9. The van der Waals surface area contributed by atoms with Gasteiger partial charge in [-0.2, -0.15) is 5.26 Å². The van der Waals surface area contributed by atoms with Gasteiger partial charge in [0.1, 0.15) is 11.2 Å². The molecule has 0 spiro atoms. The van der Waals surface area contributed by atoms with Gasteiger partial charge in [-0.05, 0) is 48.0 Å². The van der Waals surface area contributed by atoms with Crippen LogP contribution in [0.2, 0.25) is 0 Å².